The lowest BCUT2D eigenvalue weighted by molar-refractivity contribution is 0.668. The molecule has 1 aliphatic heterocycles. The summed E-state index contributed by atoms with van der Waals surface area (Å²) < 4.78 is 6.20. The Bertz CT molecular complexity index is 1230. The van der Waals surface area contributed by atoms with Gasteiger partial charge in [-0.1, -0.05) is 60.7 Å². The zero-order valence-electron chi connectivity index (χ0n) is 15.0. The number of aliphatic imine (C=N–C) groups is 2. The van der Waals surface area contributed by atoms with Crippen molar-refractivity contribution in [2.75, 3.05) is 0 Å². The summed E-state index contributed by atoms with van der Waals surface area (Å²) in [6, 6.07) is 24.6. The van der Waals surface area contributed by atoms with E-state index in [0.717, 1.165) is 44.5 Å². The van der Waals surface area contributed by atoms with E-state index >= 15 is 0 Å². The molecule has 0 fully saturated rings. The molecule has 2 heterocycles. The monoisotopic (exact) mass is 350 g/mol. The molecule has 1 aliphatic rings. The number of furan rings is 1. The van der Waals surface area contributed by atoms with Crippen molar-refractivity contribution in [2.45, 2.75) is 13.0 Å². The summed E-state index contributed by atoms with van der Waals surface area (Å²) in [6.45, 7) is 2.05. The summed E-state index contributed by atoms with van der Waals surface area (Å²) in [7, 11) is 0. The maximum atomic E-state index is 6.20. The van der Waals surface area contributed by atoms with Gasteiger partial charge in [0.15, 0.2) is 0 Å². The van der Waals surface area contributed by atoms with Crippen molar-refractivity contribution in [3.63, 3.8) is 0 Å². The molecular weight excluding hydrogens is 332 g/mol. The standard InChI is InChI=1S/C24H18N2O/c1-16-15-25-21(17-8-3-2-4-9-17)14-22(26-16)20-12-7-11-19-18-10-5-6-13-23(18)27-24(19)20/h2-16H,1H3/t16-/m0/s1. The minimum absolute atomic E-state index is 0.00269. The van der Waals surface area contributed by atoms with Crippen molar-refractivity contribution in [3.05, 3.63) is 90.0 Å². The average molecular weight is 350 g/mol. The molecule has 0 saturated carbocycles. The van der Waals surface area contributed by atoms with Gasteiger partial charge in [0, 0.05) is 28.1 Å². The van der Waals surface area contributed by atoms with Crippen LogP contribution in [0.15, 0.2) is 93.3 Å². The van der Waals surface area contributed by atoms with Crippen LogP contribution in [0.25, 0.3) is 27.6 Å². The van der Waals surface area contributed by atoms with Crippen LogP contribution >= 0.6 is 0 Å². The van der Waals surface area contributed by atoms with E-state index in [0.29, 0.717) is 0 Å². The maximum absolute atomic E-state index is 6.20. The maximum Gasteiger partial charge on any atom is 0.144 e. The van der Waals surface area contributed by atoms with Gasteiger partial charge in [0.25, 0.3) is 0 Å². The van der Waals surface area contributed by atoms with Crippen LogP contribution in [0, 0.1) is 0 Å². The van der Waals surface area contributed by atoms with Crippen molar-refractivity contribution in [1.82, 2.24) is 0 Å². The average Bonchev–Trinajstić information content (AvgIpc) is 2.98. The lowest BCUT2D eigenvalue weighted by Crippen LogP contribution is -2.04. The Morgan fingerprint density at radius 3 is 2.48 bits per heavy atom. The Morgan fingerprint density at radius 2 is 1.59 bits per heavy atom. The fourth-order valence-corrected chi connectivity index (χ4v) is 3.51. The van der Waals surface area contributed by atoms with E-state index in [1.54, 1.807) is 0 Å². The molecule has 0 radical (unpaired) electrons. The van der Waals surface area contributed by atoms with E-state index in [1.165, 1.54) is 0 Å². The Balaban J connectivity index is 1.73. The van der Waals surface area contributed by atoms with Crippen molar-refractivity contribution < 1.29 is 4.42 Å². The number of rotatable bonds is 2. The van der Waals surface area contributed by atoms with Crippen LogP contribution in [0.5, 0.6) is 0 Å². The number of fused-ring (bicyclic) bond motifs is 3. The summed E-state index contributed by atoms with van der Waals surface area (Å²) in [5.41, 5.74) is 5.64. The Hall–Kier alpha value is -3.46. The SMILES string of the molecule is C[C@H]1C=NC(c2ccccc2)=CC(c2cccc3c2oc2ccccc23)=N1. The lowest BCUT2D eigenvalue weighted by atomic mass is 10.0. The second-order valence-electron chi connectivity index (χ2n) is 6.71. The highest BCUT2D eigenvalue weighted by Gasteiger charge is 2.16. The second kappa shape index (κ2) is 6.36. The topological polar surface area (TPSA) is 37.9 Å². The van der Waals surface area contributed by atoms with Crippen LogP contribution in [-0.4, -0.2) is 18.0 Å². The molecule has 5 rings (SSSR count). The van der Waals surface area contributed by atoms with E-state index in [2.05, 4.69) is 47.5 Å². The molecule has 27 heavy (non-hydrogen) atoms. The largest absolute Gasteiger partial charge is 0.455 e. The van der Waals surface area contributed by atoms with Gasteiger partial charge >= 0.3 is 0 Å². The molecule has 0 spiro atoms. The number of nitrogens with zero attached hydrogens (tertiary/aromatic N) is 2. The highest BCUT2D eigenvalue weighted by Crippen LogP contribution is 2.32. The first kappa shape index (κ1) is 15.8. The van der Waals surface area contributed by atoms with Gasteiger partial charge in [-0.15, -0.1) is 0 Å². The van der Waals surface area contributed by atoms with E-state index in [1.807, 2.05) is 49.5 Å². The van der Waals surface area contributed by atoms with Crippen LogP contribution in [0.1, 0.15) is 18.1 Å². The zero-order valence-corrected chi connectivity index (χ0v) is 15.0. The Kier molecular flexibility index (Phi) is 3.72. The van der Waals surface area contributed by atoms with E-state index in [-0.39, 0.29) is 6.04 Å². The summed E-state index contributed by atoms with van der Waals surface area (Å²) in [6.07, 6.45) is 3.95. The molecule has 3 aromatic carbocycles. The van der Waals surface area contributed by atoms with Crippen LogP contribution in [0.2, 0.25) is 0 Å². The molecule has 4 aromatic rings. The first-order valence-corrected chi connectivity index (χ1v) is 9.09. The third kappa shape index (κ3) is 2.77. The number of hydrogen-bond acceptors (Lipinski definition) is 3. The number of para-hydroxylation sites is 2. The van der Waals surface area contributed by atoms with E-state index < -0.39 is 0 Å². The molecule has 0 saturated heterocycles. The van der Waals surface area contributed by atoms with Gasteiger partial charge in [-0.3, -0.25) is 9.98 Å². The molecule has 130 valence electrons. The van der Waals surface area contributed by atoms with Crippen LogP contribution in [-0.2, 0) is 0 Å². The third-order valence-electron chi connectivity index (χ3n) is 4.80. The highest BCUT2D eigenvalue weighted by atomic mass is 16.3. The van der Waals surface area contributed by atoms with Gasteiger partial charge in [0.05, 0.1) is 17.5 Å². The Labute approximate surface area is 157 Å². The predicted octanol–water partition coefficient (Wildman–Crippen LogP) is 5.89. The van der Waals surface area contributed by atoms with Crippen molar-refractivity contribution >= 4 is 39.6 Å². The second-order valence-corrected chi connectivity index (χ2v) is 6.71. The Morgan fingerprint density at radius 1 is 0.815 bits per heavy atom. The highest BCUT2D eigenvalue weighted by molar-refractivity contribution is 6.21. The minimum Gasteiger partial charge on any atom is -0.455 e. The molecule has 0 N–H and O–H groups in total. The fraction of sp³-hybridized carbons (Fsp3) is 0.0833. The summed E-state index contributed by atoms with van der Waals surface area (Å²) in [4.78, 5) is 9.54. The molecule has 0 amide bonds. The van der Waals surface area contributed by atoms with Crippen molar-refractivity contribution in [3.8, 4) is 0 Å². The van der Waals surface area contributed by atoms with Gasteiger partial charge in [-0.25, -0.2) is 0 Å². The summed E-state index contributed by atoms with van der Waals surface area (Å²) in [5.74, 6) is 0. The van der Waals surface area contributed by atoms with Gasteiger partial charge < -0.3 is 4.42 Å². The number of hydrogen-bond donors (Lipinski definition) is 0. The van der Waals surface area contributed by atoms with Crippen molar-refractivity contribution in [1.29, 1.82) is 0 Å². The molecule has 3 nitrogen and oxygen atoms in total. The lowest BCUT2D eigenvalue weighted by Gasteiger charge is -2.05. The van der Waals surface area contributed by atoms with Crippen LogP contribution in [0.4, 0.5) is 0 Å². The van der Waals surface area contributed by atoms with E-state index in [9.17, 15) is 0 Å². The van der Waals surface area contributed by atoms with Crippen LogP contribution < -0.4 is 0 Å². The normalized spacial score (nSPS) is 17.0. The first-order valence-electron chi connectivity index (χ1n) is 9.09. The minimum atomic E-state index is -0.00269. The number of allylic oxidation sites excluding steroid dienone is 1. The predicted molar refractivity (Wildman–Crippen MR) is 113 cm³/mol. The molecule has 1 atom stereocenters. The van der Waals surface area contributed by atoms with E-state index in [4.69, 9.17) is 9.41 Å². The molecule has 1 aromatic heterocycles. The fourth-order valence-electron chi connectivity index (χ4n) is 3.51. The first-order chi connectivity index (χ1) is 13.3. The molecule has 3 heteroatoms. The summed E-state index contributed by atoms with van der Waals surface area (Å²) in [5, 5.41) is 2.23. The molecule has 0 bridgehead atoms. The van der Waals surface area contributed by atoms with Crippen molar-refractivity contribution in [2.24, 2.45) is 9.98 Å². The zero-order chi connectivity index (χ0) is 18.2. The van der Waals surface area contributed by atoms with Gasteiger partial charge in [0.2, 0.25) is 0 Å². The molecule has 0 aliphatic carbocycles. The quantitative estimate of drug-likeness (QED) is 0.444. The summed E-state index contributed by atoms with van der Waals surface area (Å²) >= 11 is 0. The molecular formula is C24H18N2O. The van der Waals surface area contributed by atoms with Gasteiger partial charge in [0.1, 0.15) is 11.2 Å². The molecule has 0 unspecified atom stereocenters. The smallest absolute Gasteiger partial charge is 0.144 e. The van der Waals surface area contributed by atoms with Gasteiger partial charge in [-0.2, -0.15) is 0 Å². The third-order valence-corrected chi connectivity index (χ3v) is 4.80. The van der Waals surface area contributed by atoms with Crippen LogP contribution in [0.3, 0.4) is 0 Å². The van der Waals surface area contributed by atoms with Gasteiger partial charge in [-0.05, 0) is 25.1 Å². The number of benzene rings is 3.